The van der Waals surface area contributed by atoms with E-state index in [9.17, 15) is 28.8 Å². The van der Waals surface area contributed by atoms with Crippen molar-refractivity contribution in [1.82, 2.24) is 15.1 Å². The lowest BCUT2D eigenvalue weighted by molar-refractivity contribution is -0.180. The summed E-state index contributed by atoms with van der Waals surface area (Å²) in [7, 11) is 0. The van der Waals surface area contributed by atoms with Crippen LogP contribution in [0.3, 0.4) is 0 Å². The molecule has 1 aromatic rings. The lowest BCUT2D eigenvalue weighted by atomic mass is 9.95. The van der Waals surface area contributed by atoms with Crippen molar-refractivity contribution < 1.29 is 43.3 Å². The number of esters is 2. The third-order valence-corrected chi connectivity index (χ3v) is 12.9. The van der Waals surface area contributed by atoms with Crippen LogP contribution in [0.1, 0.15) is 60.1 Å². The number of carbonyl (C=O) groups excluding carboxylic acids is 5. The summed E-state index contributed by atoms with van der Waals surface area (Å²) in [6, 6.07) is 5.64. The minimum Gasteiger partial charge on any atom is -0.480 e. The van der Waals surface area contributed by atoms with E-state index in [2.05, 4.69) is 27.9 Å². The zero-order valence-electron chi connectivity index (χ0n) is 26.5. The van der Waals surface area contributed by atoms with Crippen LogP contribution in [0.2, 0.25) is 0 Å². The summed E-state index contributed by atoms with van der Waals surface area (Å²) in [6.45, 7) is 12.0. The number of ether oxygens (including phenoxy) is 2. The number of hydrogen-bond acceptors (Lipinski definition) is 11. The van der Waals surface area contributed by atoms with Gasteiger partial charge in [-0.3, -0.25) is 19.2 Å². The van der Waals surface area contributed by atoms with Crippen molar-refractivity contribution in [2.75, 3.05) is 6.79 Å². The van der Waals surface area contributed by atoms with Crippen molar-refractivity contribution >= 4 is 81.7 Å². The quantitative estimate of drug-likeness (QED) is 0.121. The monoisotopic (exact) mass is 790 g/mol. The molecule has 252 valence electrons. The van der Waals surface area contributed by atoms with Crippen molar-refractivity contribution in [3.8, 4) is 0 Å². The number of β-lactam (4-membered cyclic amide) rings is 2. The van der Waals surface area contributed by atoms with Crippen molar-refractivity contribution in [3.63, 3.8) is 0 Å². The molecule has 5 rings (SSSR count). The summed E-state index contributed by atoms with van der Waals surface area (Å²) in [4.78, 5) is 75.4. The van der Waals surface area contributed by atoms with E-state index in [0.29, 0.717) is 5.56 Å². The van der Waals surface area contributed by atoms with Gasteiger partial charge in [0.25, 0.3) is 0 Å². The van der Waals surface area contributed by atoms with E-state index < -0.39 is 70.3 Å². The average molecular weight is 791 g/mol. The maximum atomic E-state index is 12.8. The minimum absolute atomic E-state index is 0.0407. The molecule has 4 aliphatic heterocycles. The highest BCUT2D eigenvalue weighted by atomic mass is 127. The maximum absolute atomic E-state index is 12.8. The van der Waals surface area contributed by atoms with Gasteiger partial charge in [0.05, 0.1) is 5.41 Å². The molecule has 0 bridgehead atoms. The fourth-order valence-electron chi connectivity index (χ4n) is 5.58. The van der Waals surface area contributed by atoms with Crippen LogP contribution in [0.4, 0.5) is 0 Å². The SMILES string of the molecule is CC(C)(C)C(=O)OCOC(=O)[C@@H]1N2C(=O)[C@@H](NC(=O)[C@H](N)c3ccccc3)[C@H]2SC1(C)C.CC1(C)S[C@@H]2[C@H](I)C(=O)N2[C@H]1C(=O)O. The Balaban J connectivity index is 0.000000284. The lowest BCUT2D eigenvalue weighted by Gasteiger charge is -2.44. The summed E-state index contributed by atoms with van der Waals surface area (Å²) >= 11 is 5.06. The molecule has 0 unspecified atom stereocenters. The van der Waals surface area contributed by atoms with E-state index in [1.165, 1.54) is 21.6 Å². The summed E-state index contributed by atoms with van der Waals surface area (Å²) in [5.74, 6) is -2.95. The van der Waals surface area contributed by atoms with Crippen molar-refractivity contribution in [2.45, 2.75) is 96.8 Å². The largest absolute Gasteiger partial charge is 0.480 e. The molecule has 16 heteroatoms. The molecule has 13 nitrogen and oxygen atoms in total. The molecule has 4 fully saturated rings. The van der Waals surface area contributed by atoms with Crippen molar-refractivity contribution in [2.24, 2.45) is 11.1 Å². The Bertz CT molecular complexity index is 1420. The van der Waals surface area contributed by atoms with Gasteiger partial charge in [0.15, 0.2) is 0 Å². The summed E-state index contributed by atoms with van der Waals surface area (Å²) in [6.07, 6.45) is 0. The Kier molecular flexibility index (Phi) is 10.4. The van der Waals surface area contributed by atoms with Crippen LogP contribution in [0.5, 0.6) is 0 Å². The van der Waals surface area contributed by atoms with E-state index in [1.54, 1.807) is 56.8 Å². The first-order chi connectivity index (χ1) is 21.2. The number of nitrogens with two attached hydrogens (primary N) is 1. The molecule has 4 heterocycles. The van der Waals surface area contributed by atoms with Crippen LogP contribution in [0.15, 0.2) is 30.3 Å². The molecule has 0 spiro atoms. The van der Waals surface area contributed by atoms with Gasteiger partial charge in [0, 0.05) is 9.49 Å². The number of benzene rings is 1. The average Bonchev–Trinajstić information content (AvgIpc) is 3.40. The number of halogens is 1. The first kappa shape index (κ1) is 36.3. The first-order valence-electron chi connectivity index (χ1n) is 14.5. The lowest BCUT2D eigenvalue weighted by Crippen LogP contribution is -2.71. The van der Waals surface area contributed by atoms with Crippen LogP contribution >= 0.6 is 46.1 Å². The number of nitrogens with one attached hydrogen (secondary N) is 1. The van der Waals surface area contributed by atoms with E-state index in [4.69, 9.17) is 20.3 Å². The molecule has 0 aliphatic carbocycles. The third-order valence-electron chi connectivity index (χ3n) is 8.02. The van der Waals surface area contributed by atoms with E-state index in [-0.39, 0.29) is 25.9 Å². The summed E-state index contributed by atoms with van der Waals surface area (Å²) in [5, 5.41) is 11.4. The van der Waals surface area contributed by atoms with Crippen LogP contribution in [0.25, 0.3) is 0 Å². The third kappa shape index (κ3) is 6.85. The molecule has 0 aromatic heterocycles. The number of thioether (sulfide) groups is 2. The Morgan fingerprint density at radius 1 is 0.957 bits per heavy atom. The minimum atomic E-state index is -0.907. The number of hydrogen-bond donors (Lipinski definition) is 3. The van der Waals surface area contributed by atoms with Gasteiger partial charge in [-0.2, -0.15) is 0 Å². The van der Waals surface area contributed by atoms with E-state index >= 15 is 0 Å². The molecular formula is C30H39IN4O9S2. The van der Waals surface area contributed by atoms with Crippen molar-refractivity contribution in [1.29, 1.82) is 0 Å². The topological polar surface area (TPSA) is 186 Å². The van der Waals surface area contributed by atoms with Gasteiger partial charge >= 0.3 is 17.9 Å². The predicted molar refractivity (Wildman–Crippen MR) is 179 cm³/mol. The first-order valence-corrected chi connectivity index (χ1v) is 17.5. The van der Waals surface area contributed by atoms with Gasteiger partial charge < -0.3 is 35.4 Å². The van der Waals surface area contributed by atoms with Crippen LogP contribution in [-0.4, -0.2) is 99.6 Å². The summed E-state index contributed by atoms with van der Waals surface area (Å²) < 4.78 is 9.04. The molecule has 4 saturated heterocycles. The fraction of sp³-hybridized carbons (Fsp3) is 0.600. The van der Waals surface area contributed by atoms with Gasteiger partial charge in [0.2, 0.25) is 24.5 Å². The van der Waals surface area contributed by atoms with Gasteiger partial charge in [-0.05, 0) is 54.0 Å². The highest BCUT2D eigenvalue weighted by molar-refractivity contribution is 14.1. The number of alkyl halides is 1. The number of carboxylic acids is 1. The highest BCUT2D eigenvalue weighted by Crippen LogP contribution is 2.53. The second-order valence-electron chi connectivity index (χ2n) is 13.4. The van der Waals surface area contributed by atoms with Gasteiger partial charge in [0.1, 0.15) is 38.8 Å². The van der Waals surface area contributed by atoms with Crippen LogP contribution in [0, 0.1) is 5.41 Å². The fourth-order valence-corrected chi connectivity index (χ4v) is 9.85. The molecule has 4 N–H and O–H groups in total. The number of fused-ring (bicyclic) bond motifs is 2. The number of rotatable bonds is 7. The molecule has 3 amide bonds. The van der Waals surface area contributed by atoms with E-state index in [0.717, 1.165) is 0 Å². The maximum Gasteiger partial charge on any atom is 0.333 e. The molecule has 1 aromatic carbocycles. The normalized spacial score (nSPS) is 29.2. The predicted octanol–water partition coefficient (Wildman–Crippen LogP) is 2.26. The zero-order valence-corrected chi connectivity index (χ0v) is 30.3. The molecule has 0 radical (unpaired) electrons. The van der Waals surface area contributed by atoms with Gasteiger partial charge in [-0.1, -0.05) is 52.9 Å². The number of nitrogens with zero attached hydrogens (tertiary/aromatic N) is 2. The Hall–Kier alpha value is -2.57. The second kappa shape index (κ2) is 13.1. The molecule has 46 heavy (non-hydrogen) atoms. The molecule has 7 atom stereocenters. The Morgan fingerprint density at radius 3 is 2.07 bits per heavy atom. The standard InChI is InChI=1S/C22H29N3O6S.C8H10INO3S/c1-21(2,3)20(29)31-11-30-19(28)15-22(4,5)32-18-14(17(27)25(15)18)24-16(26)13(23)12-9-7-6-8-10-12;1-8(2)4(7(12)13)10-5(11)3(9)6(10)14-8/h6-10,13-15,18H,11,23H2,1-5H3,(H,24,26);3-4,6H,1-2H3,(H,12,13)/t13-,14-,15+,18-;3-,4+,6-/m11/s1. The number of carbonyl (C=O) groups is 6. The van der Waals surface area contributed by atoms with E-state index in [1.807, 2.05) is 33.8 Å². The number of amides is 3. The molecule has 0 saturated carbocycles. The zero-order chi connectivity index (χ0) is 34.5. The molecular weight excluding hydrogens is 751 g/mol. The summed E-state index contributed by atoms with van der Waals surface area (Å²) in [5.41, 5.74) is 5.94. The molecule has 4 aliphatic rings. The number of aliphatic carboxylic acids is 1. The van der Waals surface area contributed by atoms with Crippen molar-refractivity contribution in [3.05, 3.63) is 35.9 Å². The van der Waals surface area contributed by atoms with Crippen LogP contribution < -0.4 is 11.1 Å². The highest BCUT2D eigenvalue weighted by Gasteiger charge is 2.65. The Labute approximate surface area is 289 Å². The second-order valence-corrected chi connectivity index (χ2v) is 18.3. The smallest absolute Gasteiger partial charge is 0.333 e. The van der Waals surface area contributed by atoms with Gasteiger partial charge in [-0.25, -0.2) is 9.59 Å². The van der Waals surface area contributed by atoms with Gasteiger partial charge in [-0.15, -0.1) is 23.5 Å². The number of carboxylic acid groups (broad SMARTS) is 1. The van der Waals surface area contributed by atoms with Crippen LogP contribution in [-0.2, 0) is 38.2 Å². The Morgan fingerprint density at radius 2 is 1.50 bits per heavy atom.